The van der Waals surface area contributed by atoms with E-state index in [0.717, 1.165) is 5.69 Å². The van der Waals surface area contributed by atoms with Crippen molar-refractivity contribution in [3.8, 4) is 5.88 Å². The highest BCUT2D eigenvalue weighted by Crippen LogP contribution is 2.17. The van der Waals surface area contributed by atoms with Crippen LogP contribution in [0.2, 0.25) is 0 Å². The van der Waals surface area contributed by atoms with E-state index in [1.54, 1.807) is 32.4 Å². The van der Waals surface area contributed by atoms with Crippen molar-refractivity contribution in [3.05, 3.63) is 41.5 Å². The number of methoxy groups -OCH3 is 2. The molecule has 0 amide bonds. The fourth-order valence-corrected chi connectivity index (χ4v) is 1.74. The van der Waals surface area contributed by atoms with E-state index < -0.39 is 5.97 Å². The fraction of sp³-hybridized carbons (Fsp3) is 0.286. The predicted molar refractivity (Wildman–Crippen MR) is 72.9 cm³/mol. The highest BCUT2D eigenvalue weighted by Gasteiger charge is 2.14. The number of anilines is 1. The second-order valence-corrected chi connectivity index (χ2v) is 4.12. The van der Waals surface area contributed by atoms with E-state index >= 15 is 0 Å². The Morgan fingerprint density at radius 1 is 1.40 bits per heavy atom. The SMILES string of the molecule is COC(=O)c1cc(CNc2ccc(OC)nc2)oc1C. The van der Waals surface area contributed by atoms with E-state index in [9.17, 15) is 4.79 Å². The molecule has 2 heterocycles. The highest BCUT2D eigenvalue weighted by atomic mass is 16.5. The number of rotatable bonds is 5. The zero-order chi connectivity index (χ0) is 14.5. The lowest BCUT2D eigenvalue weighted by Gasteiger charge is -2.04. The Bertz CT molecular complexity index is 590. The van der Waals surface area contributed by atoms with Gasteiger partial charge in [-0.3, -0.25) is 0 Å². The molecular weight excluding hydrogens is 260 g/mol. The van der Waals surface area contributed by atoms with Gasteiger partial charge in [-0.05, 0) is 19.1 Å². The number of nitrogens with one attached hydrogen (secondary N) is 1. The van der Waals surface area contributed by atoms with Gasteiger partial charge in [0.05, 0.1) is 32.6 Å². The second-order valence-electron chi connectivity index (χ2n) is 4.12. The fourth-order valence-electron chi connectivity index (χ4n) is 1.74. The summed E-state index contributed by atoms with van der Waals surface area (Å²) in [6.07, 6.45) is 1.66. The van der Waals surface area contributed by atoms with Gasteiger partial charge in [-0.25, -0.2) is 9.78 Å². The molecule has 0 saturated carbocycles. The number of ether oxygens (including phenoxy) is 2. The number of pyridine rings is 1. The van der Waals surface area contributed by atoms with Gasteiger partial charge < -0.3 is 19.2 Å². The first kappa shape index (κ1) is 13.9. The van der Waals surface area contributed by atoms with Crippen molar-refractivity contribution >= 4 is 11.7 Å². The number of carbonyl (C=O) groups excluding carboxylic acids is 1. The smallest absolute Gasteiger partial charge is 0.341 e. The summed E-state index contributed by atoms with van der Waals surface area (Å²) >= 11 is 0. The minimum absolute atomic E-state index is 0.399. The summed E-state index contributed by atoms with van der Waals surface area (Å²) in [5.74, 6) is 1.35. The standard InChI is InChI=1S/C14H16N2O4/c1-9-12(14(17)19-3)6-11(20-9)8-15-10-4-5-13(18-2)16-7-10/h4-7,15H,8H2,1-3H3. The largest absolute Gasteiger partial charge is 0.481 e. The molecular formula is C14H16N2O4. The lowest BCUT2D eigenvalue weighted by Crippen LogP contribution is -2.01. The van der Waals surface area contributed by atoms with E-state index in [-0.39, 0.29) is 0 Å². The number of furan rings is 1. The molecule has 2 aromatic rings. The summed E-state index contributed by atoms with van der Waals surface area (Å²) in [6, 6.07) is 5.28. The average molecular weight is 276 g/mol. The molecule has 20 heavy (non-hydrogen) atoms. The minimum Gasteiger partial charge on any atom is -0.481 e. The molecule has 6 heteroatoms. The molecule has 6 nitrogen and oxygen atoms in total. The van der Waals surface area contributed by atoms with Crippen LogP contribution in [0.4, 0.5) is 5.69 Å². The summed E-state index contributed by atoms with van der Waals surface area (Å²) in [5, 5.41) is 3.15. The molecule has 0 unspecified atom stereocenters. The van der Waals surface area contributed by atoms with Gasteiger partial charge in [-0.1, -0.05) is 0 Å². The average Bonchev–Trinajstić information content (AvgIpc) is 2.86. The van der Waals surface area contributed by atoms with E-state index in [0.29, 0.717) is 29.5 Å². The van der Waals surface area contributed by atoms with Crippen LogP contribution in [-0.2, 0) is 11.3 Å². The molecule has 0 aromatic carbocycles. The summed E-state index contributed by atoms with van der Waals surface area (Å²) in [6.45, 7) is 2.18. The van der Waals surface area contributed by atoms with Gasteiger partial charge >= 0.3 is 5.97 Å². The Morgan fingerprint density at radius 3 is 2.80 bits per heavy atom. The molecule has 0 atom stereocenters. The van der Waals surface area contributed by atoms with Crippen LogP contribution in [-0.4, -0.2) is 25.2 Å². The molecule has 2 aromatic heterocycles. The first-order valence-corrected chi connectivity index (χ1v) is 6.05. The van der Waals surface area contributed by atoms with E-state index in [1.807, 2.05) is 6.07 Å². The Hall–Kier alpha value is -2.50. The molecule has 1 N–H and O–H groups in total. The molecule has 0 aliphatic rings. The van der Waals surface area contributed by atoms with E-state index in [1.165, 1.54) is 7.11 Å². The van der Waals surface area contributed by atoms with Crippen molar-refractivity contribution in [1.29, 1.82) is 0 Å². The van der Waals surface area contributed by atoms with Crippen molar-refractivity contribution in [3.63, 3.8) is 0 Å². The topological polar surface area (TPSA) is 73.6 Å². The van der Waals surface area contributed by atoms with Crippen LogP contribution in [0.5, 0.6) is 5.88 Å². The molecule has 0 spiro atoms. The molecule has 0 aliphatic heterocycles. The zero-order valence-electron chi connectivity index (χ0n) is 11.6. The molecule has 0 aliphatic carbocycles. The Labute approximate surface area is 116 Å². The Balaban J connectivity index is 2.01. The van der Waals surface area contributed by atoms with Gasteiger partial charge in [0.2, 0.25) is 5.88 Å². The minimum atomic E-state index is -0.399. The van der Waals surface area contributed by atoms with Crippen LogP contribution in [0.3, 0.4) is 0 Å². The van der Waals surface area contributed by atoms with Gasteiger partial charge in [0.1, 0.15) is 17.1 Å². The highest BCUT2D eigenvalue weighted by molar-refractivity contribution is 5.90. The maximum atomic E-state index is 11.5. The van der Waals surface area contributed by atoms with Gasteiger partial charge in [0, 0.05) is 6.07 Å². The molecule has 106 valence electrons. The second kappa shape index (κ2) is 6.10. The van der Waals surface area contributed by atoms with Crippen LogP contribution in [0.15, 0.2) is 28.8 Å². The number of esters is 1. The van der Waals surface area contributed by atoms with Crippen LogP contribution >= 0.6 is 0 Å². The van der Waals surface area contributed by atoms with Crippen LogP contribution in [0.25, 0.3) is 0 Å². The number of hydrogen-bond donors (Lipinski definition) is 1. The Kier molecular flexibility index (Phi) is 4.24. The lowest BCUT2D eigenvalue weighted by atomic mass is 10.2. The van der Waals surface area contributed by atoms with Gasteiger partial charge in [0.25, 0.3) is 0 Å². The number of aryl methyl sites for hydroxylation is 1. The summed E-state index contributed by atoms with van der Waals surface area (Å²) in [4.78, 5) is 15.6. The Morgan fingerprint density at radius 2 is 2.20 bits per heavy atom. The van der Waals surface area contributed by atoms with Crippen LogP contribution in [0.1, 0.15) is 21.9 Å². The number of carbonyl (C=O) groups is 1. The van der Waals surface area contributed by atoms with E-state index in [2.05, 4.69) is 15.0 Å². The summed E-state index contributed by atoms with van der Waals surface area (Å²) < 4.78 is 15.2. The monoisotopic (exact) mass is 276 g/mol. The normalized spacial score (nSPS) is 10.2. The summed E-state index contributed by atoms with van der Waals surface area (Å²) in [7, 11) is 2.91. The maximum absolute atomic E-state index is 11.5. The van der Waals surface area contributed by atoms with Crippen LogP contribution < -0.4 is 10.1 Å². The molecule has 0 bridgehead atoms. The number of nitrogens with zero attached hydrogens (tertiary/aromatic N) is 1. The van der Waals surface area contributed by atoms with Crippen molar-refractivity contribution < 1.29 is 18.7 Å². The molecule has 0 radical (unpaired) electrons. The van der Waals surface area contributed by atoms with Crippen molar-refractivity contribution in [2.45, 2.75) is 13.5 Å². The number of aromatic nitrogens is 1. The third kappa shape index (κ3) is 3.09. The third-order valence-electron chi connectivity index (χ3n) is 2.79. The van der Waals surface area contributed by atoms with E-state index in [4.69, 9.17) is 9.15 Å². The maximum Gasteiger partial charge on any atom is 0.341 e. The molecule has 0 saturated heterocycles. The van der Waals surface area contributed by atoms with Crippen molar-refractivity contribution in [2.24, 2.45) is 0 Å². The summed E-state index contributed by atoms with van der Waals surface area (Å²) in [5.41, 5.74) is 1.27. The van der Waals surface area contributed by atoms with Crippen molar-refractivity contribution in [2.75, 3.05) is 19.5 Å². The third-order valence-corrected chi connectivity index (χ3v) is 2.79. The van der Waals surface area contributed by atoms with Gasteiger partial charge in [0.15, 0.2) is 0 Å². The quantitative estimate of drug-likeness (QED) is 0.845. The first-order chi connectivity index (χ1) is 9.63. The lowest BCUT2D eigenvalue weighted by molar-refractivity contribution is 0.0599. The zero-order valence-corrected chi connectivity index (χ0v) is 11.6. The first-order valence-electron chi connectivity index (χ1n) is 6.05. The van der Waals surface area contributed by atoms with Crippen molar-refractivity contribution in [1.82, 2.24) is 4.98 Å². The number of hydrogen-bond acceptors (Lipinski definition) is 6. The molecule has 0 fully saturated rings. The molecule has 2 rings (SSSR count). The van der Waals surface area contributed by atoms with Crippen LogP contribution in [0, 0.1) is 6.92 Å². The van der Waals surface area contributed by atoms with Gasteiger partial charge in [-0.15, -0.1) is 0 Å². The van der Waals surface area contributed by atoms with Gasteiger partial charge in [-0.2, -0.15) is 0 Å². The predicted octanol–water partition coefficient (Wildman–Crippen LogP) is 2.39.